The lowest BCUT2D eigenvalue weighted by Crippen LogP contribution is -2.28. The molecule has 0 atom stereocenters. The first-order chi connectivity index (χ1) is 8.52. The Hall–Kier alpha value is -0.340. The molecule has 0 fully saturated rings. The maximum Gasteiger partial charge on any atom is 0.523 e. The lowest BCUT2D eigenvalue weighted by atomic mass is 9.79. The summed E-state index contributed by atoms with van der Waals surface area (Å²) in [5, 5.41) is -0.573. The number of hydrogen-bond acceptors (Lipinski definition) is 4. The molecule has 0 heterocycles. The van der Waals surface area contributed by atoms with Gasteiger partial charge in [-0.05, 0) is 37.3 Å². The van der Waals surface area contributed by atoms with Crippen molar-refractivity contribution in [2.24, 2.45) is 5.41 Å². The first-order valence-corrected chi connectivity index (χ1v) is 7.46. The van der Waals surface area contributed by atoms with Crippen LogP contribution in [0, 0.1) is 5.41 Å². The number of carbonyl (C=O) groups excluding carboxylic acids is 1. The molecule has 0 aliphatic carbocycles. The zero-order chi connectivity index (χ0) is 15.3. The Morgan fingerprint density at radius 2 is 1.68 bits per heavy atom. The summed E-state index contributed by atoms with van der Waals surface area (Å²) in [5.41, 5.74) is -6.27. The molecule has 0 unspecified atom stereocenters. The van der Waals surface area contributed by atoms with Gasteiger partial charge in [-0.1, -0.05) is 13.8 Å². The highest BCUT2D eigenvalue weighted by atomic mass is 35.5. The van der Waals surface area contributed by atoms with Crippen molar-refractivity contribution in [3.8, 4) is 0 Å². The lowest BCUT2D eigenvalue weighted by Gasteiger charge is -2.27. The second-order valence-corrected chi connectivity index (χ2v) is 6.04. The quantitative estimate of drug-likeness (QED) is 0.298. The molecule has 0 bridgehead atoms. The van der Waals surface area contributed by atoms with E-state index in [1.165, 1.54) is 0 Å². The van der Waals surface area contributed by atoms with Gasteiger partial charge in [-0.2, -0.15) is 21.6 Å². The van der Waals surface area contributed by atoms with Crippen molar-refractivity contribution in [1.29, 1.82) is 0 Å². The normalized spacial score (nSPS) is 13.6. The van der Waals surface area contributed by atoms with Gasteiger partial charge in [0.1, 0.15) is 0 Å². The van der Waals surface area contributed by atoms with Gasteiger partial charge in [-0.3, -0.25) is 8.98 Å². The van der Waals surface area contributed by atoms with E-state index in [2.05, 4.69) is 4.18 Å². The van der Waals surface area contributed by atoms with Gasteiger partial charge in [0.2, 0.25) is 5.24 Å². The first kappa shape index (κ1) is 18.7. The van der Waals surface area contributed by atoms with E-state index in [4.69, 9.17) is 11.6 Å². The Kier molecular flexibility index (Phi) is 6.77. The molecule has 9 heteroatoms. The Labute approximate surface area is 115 Å². The molecule has 0 aromatic heterocycles. The van der Waals surface area contributed by atoms with Crippen LogP contribution in [0.5, 0.6) is 0 Å². The molecule has 0 saturated heterocycles. The van der Waals surface area contributed by atoms with Gasteiger partial charge in [0.25, 0.3) is 0 Å². The molecule has 0 spiro atoms. The van der Waals surface area contributed by atoms with Crippen LogP contribution in [0.1, 0.15) is 39.5 Å². The van der Waals surface area contributed by atoms with E-state index in [0.717, 1.165) is 0 Å². The summed E-state index contributed by atoms with van der Waals surface area (Å²) in [6.07, 6.45) is 1.03. The molecule has 0 saturated carbocycles. The van der Waals surface area contributed by atoms with Crippen LogP contribution in [-0.4, -0.2) is 25.8 Å². The molecule has 19 heavy (non-hydrogen) atoms. The van der Waals surface area contributed by atoms with E-state index in [-0.39, 0.29) is 12.8 Å². The SMILES string of the molecule is CCC(CC)(CCCOS(=O)(=O)C(F)(F)F)C(=O)Cl. The predicted molar refractivity (Wildman–Crippen MR) is 64.0 cm³/mol. The van der Waals surface area contributed by atoms with E-state index in [1.54, 1.807) is 13.8 Å². The molecule has 0 aliphatic rings. The van der Waals surface area contributed by atoms with Crippen LogP contribution < -0.4 is 0 Å². The van der Waals surface area contributed by atoms with Crippen molar-refractivity contribution in [3.05, 3.63) is 0 Å². The van der Waals surface area contributed by atoms with E-state index < -0.39 is 32.9 Å². The van der Waals surface area contributed by atoms with Crippen molar-refractivity contribution in [2.45, 2.75) is 45.0 Å². The van der Waals surface area contributed by atoms with Crippen LogP contribution in [0.2, 0.25) is 0 Å². The topological polar surface area (TPSA) is 60.4 Å². The Morgan fingerprint density at radius 3 is 2.00 bits per heavy atom. The van der Waals surface area contributed by atoms with Crippen LogP contribution in [0.15, 0.2) is 0 Å². The van der Waals surface area contributed by atoms with E-state index in [0.29, 0.717) is 12.8 Å². The van der Waals surface area contributed by atoms with Gasteiger partial charge < -0.3 is 0 Å². The van der Waals surface area contributed by atoms with Crippen LogP contribution in [0.4, 0.5) is 13.2 Å². The number of carbonyl (C=O) groups is 1. The minimum atomic E-state index is -5.57. The highest BCUT2D eigenvalue weighted by Crippen LogP contribution is 2.35. The summed E-state index contributed by atoms with van der Waals surface area (Å²) in [6, 6.07) is 0. The van der Waals surface area contributed by atoms with Crippen molar-refractivity contribution in [2.75, 3.05) is 6.61 Å². The maximum atomic E-state index is 12.0. The van der Waals surface area contributed by atoms with Gasteiger partial charge in [-0.25, -0.2) is 0 Å². The summed E-state index contributed by atoms with van der Waals surface area (Å²) >= 11 is 5.46. The van der Waals surface area contributed by atoms with Crippen molar-refractivity contribution < 1.29 is 30.6 Å². The summed E-state index contributed by atoms with van der Waals surface area (Å²) < 4.78 is 61.0. The Bertz CT molecular complexity index is 401. The minimum absolute atomic E-state index is 0.00451. The highest BCUT2D eigenvalue weighted by Gasteiger charge is 2.47. The second-order valence-electron chi connectivity index (χ2n) is 4.09. The second kappa shape index (κ2) is 6.90. The number of hydrogen-bond donors (Lipinski definition) is 0. The van der Waals surface area contributed by atoms with Crippen molar-refractivity contribution >= 4 is 27.0 Å². The van der Waals surface area contributed by atoms with E-state index >= 15 is 0 Å². The molecule has 0 aromatic rings. The molecule has 0 N–H and O–H groups in total. The zero-order valence-electron chi connectivity index (χ0n) is 10.6. The van der Waals surface area contributed by atoms with Crippen LogP contribution >= 0.6 is 11.6 Å². The van der Waals surface area contributed by atoms with Gasteiger partial charge in [0.05, 0.1) is 6.61 Å². The van der Waals surface area contributed by atoms with Gasteiger partial charge in [-0.15, -0.1) is 0 Å². The molecule has 0 rings (SSSR count). The smallest absolute Gasteiger partial charge is 0.281 e. The fourth-order valence-electron chi connectivity index (χ4n) is 1.63. The van der Waals surface area contributed by atoms with Crippen molar-refractivity contribution in [1.82, 2.24) is 0 Å². The number of alkyl halides is 3. The molecular weight excluding hydrogens is 309 g/mol. The van der Waals surface area contributed by atoms with Crippen molar-refractivity contribution in [3.63, 3.8) is 0 Å². The predicted octanol–water partition coefficient (Wildman–Crippen LogP) is 3.20. The highest BCUT2D eigenvalue weighted by molar-refractivity contribution is 7.87. The van der Waals surface area contributed by atoms with Crippen LogP contribution in [-0.2, 0) is 19.1 Å². The standard InChI is InChI=1S/C10H16ClF3O4S/c1-3-9(4-2,8(11)15)6-5-7-18-19(16,17)10(12,13)14/h3-7H2,1-2H3. The van der Waals surface area contributed by atoms with Gasteiger partial charge in [0, 0.05) is 5.41 Å². The summed E-state index contributed by atoms with van der Waals surface area (Å²) in [5.74, 6) is 0. The fraction of sp³-hybridized carbons (Fsp3) is 0.900. The number of rotatable bonds is 8. The van der Waals surface area contributed by atoms with E-state index in [1.807, 2.05) is 0 Å². The third-order valence-electron chi connectivity index (χ3n) is 3.09. The third-order valence-corrected chi connectivity index (χ3v) is 4.54. The first-order valence-electron chi connectivity index (χ1n) is 5.68. The molecule has 114 valence electrons. The fourth-order valence-corrected chi connectivity index (χ4v) is 2.46. The Balaban J connectivity index is 4.43. The van der Waals surface area contributed by atoms with Crippen LogP contribution in [0.25, 0.3) is 0 Å². The van der Waals surface area contributed by atoms with Gasteiger partial charge in [0.15, 0.2) is 0 Å². The van der Waals surface area contributed by atoms with E-state index in [9.17, 15) is 26.4 Å². The minimum Gasteiger partial charge on any atom is -0.281 e. The third kappa shape index (κ3) is 4.92. The summed E-state index contributed by atoms with van der Waals surface area (Å²) in [4.78, 5) is 11.3. The average Bonchev–Trinajstić information content (AvgIpc) is 2.28. The molecule has 0 aromatic carbocycles. The van der Waals surface area contributed by atoms with Crippen LogP contribution in [0.3, 0.4) is 0 Å². The molecular formula is C10H16ClF3O4S. The monoisotopic (exact) mass is 324 g/mol. The zero-order valence-corrected chi connectivity index (χ0v) is 12.2. The summed E-state index contributed by atoms with van der Waals surface area (Å²) in [7, 11) is -5.57. The average molecular weight is 325 g/mol. The lowest BCUT2D eigenvalue weighted by molar-refractivity contribution is -0.121. The number of halogens is 4. The Morgan fingerprint density at radius 1 is 1.21 bits per heavy atom. The maximum absolute atomic E-state index is 12.0. The summed E-state index contributed by atoms with van der Waals surface area (Å²) in [6.45, 7) is 2.84. The van der Waals surface area contributed by atoms with Gasteiger partial charge >= 0.3 is 15.6 Å². The molecule has 0 radical (unpaired) electrons. The molecule has 0 aliphatic heterocycles. The molecule has 0 amide bonds. The largest absolute Gasteiger partial charge is 0.523 e. The molecule has 4 nitrogen and oxygen atoms in total.